The molecule has 2 fully saturated rings. The molecule has 0 aliphatic heterocycles. The molecule has 9 heteroatoms. The smallest absolute Gasteiger partial charge is 0.306 e. The van der Waals surface area contributed by atoms with E-state index in [1.807, 2.05) is 0 Å². The number of aliphatic hydroxyl groups is 2. The highest BCUT2D eigenvalue weighted by Crippen LogP contribution is 2.68. The number of carbonyl (C=O) groups is 3. The van der Waals surface area contributed by atoms with Crippen molar-refractivity contribution in [2.24, 2.45) is 22.7 Å². The van der Waals surface area contributed by atoms with Gasteiger partial charge in [-0.1, -0.05) is 19.1 Å². The van der Waals surface area contributed by atoms with E-state index in [1.165, 1.54) is 13.0 Å². The molecule has 0 spiro atoms. The van der Waals surface area contributed by atoms with Crippen LogP contribution in [-0.2, 0) is 14.4 Å². The van der Waals surface area contributed by atoms with E-state index < -0.39 is 70.7 Å². The van der Waals surface area contributed by atoms with Gasteiger partial charge < -0.3 is 15.3 Å². The SMILES string of the molecule is C[C@]12C=C(Br)C(=O)C=C1[C@H](F)C[C@H]1[C@@H]3CC=C(C(=O)C(O)CC(=O)O)[C@@]3(C)C[C@H](O)[C@@]12F. The largest absolute Gasteiger partial charge is 0.481 e. The number of rotatable bonds is 4. The molecule has 32 heavy (non-hydrogen) atoms. The van der Waals surface area contributed by atoms with Gasteiger partial charge in [-0.15, -0.1) is 0 Å². The van der Waals surface area contributed by atoms with Crippen LogP contribution in [0.5, 0.6) is 0 Å². The van der Waals surface area contributed by atoms with Crippen LogP contribution in [-0.4, -0.2) is 56.9 Å². The Morgan fingerprint density at radius 1 is 1.31 bits per heavy atom. The molecule has 6 nitrogen and oxygen atoms in total. The number of halogens is 3. The fourth-order valence-corrected chi connectivity index (χ4v) is 7.22. The molecule has 8 atom stereocenters. The predicted molar refractivity (Wildman–Crippen MR) is 113 cm³/mol. The van der Waals surface area contributed by atoms with Gasteiger partial charge in [-0.25, -0.2) is 8.78 Å². The number of aliphatic carboxylic acids is 1. The van der Waals surface area contributed by atoms with Crippen LogP contribution in [0.15, 0.2) is 33.9 Å². The molecular formula is C23H25BrF2O6. The first-order chi connectivity index (χ1) is 14.8. The molecule has 1 unspecified atom stereocenters. The number of allylic oxidation sites excluding steroid dienone is 5. The number of Topliss-reactive ketones (excluding diaryl/α,β-unsaturated/α-hetero) is 1. The number of carbonyl (C=O) groups excluding carboxylic acids is 2. The second-order valence-electron chi connectivity index (χ2n) is 9.81. The summed E-state index contributed by atoms with van der Waals surface area (Å²) in [5.41, 5.74) is -4.71. The number of hydrogen-bond acceptors (Lipinski definition) is 5. The molecule has 2 saturated carbocycles. The molecule has 4 aliphatic carbocycles. The molecule has 0 aromatic carbocycles. The summed E-state index contributed by atoms with van der Waals surface area (Å²) in [6.07, 6.45) is -1.83. The highest BCUT2D eigenvalue weighted by Gasteiger charge is 2.71. The van der Waals surface area contributed by atoms with E-state index in [9.17, 15) is 24.6 Å². The second-order valence-corrected chi connectivity index (χ2v) is 10.7. The first kappa shape index (κ1) is 23.4. The summed E-state index contributed by atoms with van der Waals surface area (Å²) in [7, 11) is 0. The van der Waals surface area contributed by atoms with Gasteiger partial charge in [-0.3, -0.25) is 14.4 Å². The second kappa shape index (κ2) is 7.40. The van der Waals surface area contributed by atoms with E-state index in [0.29, 0.717) is 0 Å². The zero-order chi connectivity index (χ0) is 23.8. The normalized spacial score (nSPS) is 43.8. The predicted octanol–water partition coefficient (Wildman–Crippen LogP) is 2.97. The van der Waals surface area contributed by atoms with Crippen LogP contribution >= 0.6 is 15.9 Å². The Bertz CT molecular complexity index is 1000. The van der Waals surface area contributed by atoms with E-state index in [2.05, 4.69) is 15.9 Å². The van der Waals surface area contributed by atoms with Crippen LogP contribution in [0.3, 0.4) is 0 Å². The van der Waals surface area contributed by atoms with Gasteiger partial charge >= 0.3 is 5.97 Å². The van der Waals surface area contributed by atoms with Crippen LogP contribution in [0.25, 0.3) is 0 Å². The molecule has 0 aromatic rings. The van der Waals surface area contributed by atoms with Crippen LogP contribution < -0.4 is 0 Å². The van der Waals surface area contributed by atoms with Gasteiger partial charge in [0.2, 0.25) is 0 Å². The Morgan fingerprint density at radius 2 is 1.97 bits per heavy atom. The number of ketones is 2. The van der Waals surface area contributed by atoms with E-state index in [-0.39, 0.29) is 34.9 Å². The van der Waals surface area contributed by atoms with Crippen LogP contribution in [0.1, 0.15) is 39.5 Å². The van der Waals surface area contributed by atoms with Gasteiger partial charge in [0.25, 0.3) is 0 Å². The number of fused-ring (bicyclic) bond motifs is 5. The molecule has 174 valence electrons. The minimum atomic E-state index is -2.28. The Balaban J connectivity index is 1.75. The summed E-state index contributed by atoms with van der Waals surface area (Å²) in [5, 5.41) is 30.1. The molecule has 0 heterocycles. The molecule has 3 N–H and O–H groups in total. The summed E-state index contributed by atoms with van der Waals surface area (Å²) in [6.45, 7) is 3.17. The maximum Gasteiger partial charge on any atom is 0.306 e. The van der Waals surface area contributed by atoms with Crippen molar-refractivity contribution in [1.82, 2.24) is 0 Å². The number of aliphatic hydroxyl groups excluding tert-OH is 2. The van der Waals surface area contributed by atoms with Gasteiger partial charge in [0.05, 0.1) is 17.0 Å². The van der Waals surface area contributed by atoms with Crippen LogP contribution in [0.4, 0.5) is 8.78 Å². The van der Waals surface area contributed by atoms with E-state index >= 15 is 8.78 Å². The summed E-state index contributed by atoms with van der Waals surface area (Å²) < 4.78 is 32.4. The first-order valence-corrected chi connectivity index (χ1v) is 11.4. The van der Waals surface area contributed by atoms with Gasteiger partial charge in [-0.2, -0.15) is 0 Å². The average molecular weight is 515 g/mol. The maximum absolute atomic E-state index is 17.0. The van der Waals surface area contributed by atoms with Gasteiger partial charge in [-0.05, 0) is 59.7 Å². The summed E-state index contributed by atoms with van der Waals surface area (Å²) in [4.78, 5) is 35.9. The fraction of sp³-hybridized carbons (Fsp3) is 0.609. The zero-order valence-electron chi connectivity index (χ0n) is 17.6. The average Bonchev–Trinajstić information content (AvgIpc) is 3.02. The topological polar surface area (TPSA) is 112 Å². The highest BCUT2D eigenvalue weighted by atomic mass is 79.9. The molecule has 0 amide bonds. The molecule has 4 aliphatic rings. The Labute approximate surface area is 192 Å². The van der Waals surface area contributed by atoms with E-state index in [4.69, 9.17) is 5.11 Å². The van der Waals surface area contributed by atoms with E-state index in [1.54, 1.807) is 13.0 Å². The Hall–Kier alpha value is -1.71. The monoisotopic (exact) mass is 514 g/mol. The molecule has 4 rings (SSSR count). The van der Waals surface area contributed by atoms with Gasteiger partial charge in [0, 0.05) is 22.3 Å². The van der Waals surface area contributed by atoms with Crippen molar-refractivity contribution in [2.75, 3.05) is 0 Å². The molecule has 0 radical (unpaired) electrons. The van der Waals surface area contributed by atoms with Crippen molar-refractivity contribution >= 4 is 33.5 Å². The third-order valence-electron chi connectivity index (χ3n) is 8.20. The highest BCUT2D eigenvalue weighted by molar-refractivity contribution is 9.12. The number of hydrogen-bond donors (Lipinski definition) is 3. The minimum Gasteiger partial charge on any atom is -0.481 e. The third kappa shape index (κ3) is 2.97. The molecule has 0 saturated heterocycles. The fourth-order valence-electron chi connectivity index (χ4n) is 6.65. The quantitative estimate of drug-likeness (QED) is 0.531. The van der Waals surface area contributed by atoms with Crippen LogP contribution in [0, 0.1) is 22.7 Å². The van der Waals surface area contributed by atoms with E-state index in [0.717, 1.165) is 6.08 Å². The lowest BCUT2D eigenvalue weighted by atomic mass is 9.45. The first-order valence-electron chi connectivity index (χ1n) is 10.6. The van der Waals surface area contributed by atoms with Crippen molar-refractivity contribution in [3.8, 4) is 0 Å². The van der Waals surface area contributed by atoms with Crippen molar-refractivity contribution in [3.63, 3.8) is 0 Å². The van der Waals surface area contributed by atoms with Crippen molar-refractivity contribution in [1.29, 1.82) is 0 Å². The standard InChI is InChI=1S/C23H25BrF2O6/c1-21-9-18(29)23(26)12(5-15(25)13-6-16(27)14(24)8-22(13,23)2)10(21)3-4-11(21)20(32)17(28)7-19(30)31/h4,6,8,10,12,15,17-18,28-29H,3,5,7,9H2,1-2H3,(H,30,31)/t10-,12-,15+,17?,18-,21-,22-,23-/m0/s1. The van der Waals surface area contributed by atoms with Crippen molar-refractivity contribution in [2.45, 2.75) is 63.6 Å². The number of carboxylic acids is 1. The maximum atomic E-state index is 17.0. The van der Waals surface area contributed by atoms with Crippen molar-refractivity contribution in [3.05, 3.63) is 33.9 Å². The Kier molecular flexibility index (Phi) is 5.42. The number of alkyl halides is 2. The van der Waals surface area contributed by atoms with Crippen molar-refractivity contribution < 1.29 is 38.5 Å². The van der Waals surface area contributed by atoms with Gasteiger partial charge in [0.15, 0.2) is 17.2 Å². The number of carboxylic acid groups (broad SMARTS) is 1. The lowest BCUT2D eigenvalue weighted by molar-refractivity contribution is -0.193. The summed E-state index contributed by atoms with van der Waals surface area (Å²) >= 11 is 3.13. The molecule has 0 aromatic heterocycles. The van der Waals surface area contributed by atoms with Crippen LogP contribution in [0.2, 0.25) is 0 Å². The lowest BCUT2D eigenvalue weighted by Crippen LogP contribution is -2.68. The third-order valence-corrected chi connectivity index (χ3v) is 8.82. The zero-order valence-corrected chi connectivity index (χ0v) is 19.2. The summed E-state index contributed by atoms with van der Waals surface area (Å²) in [5.74, 6) is -4.05. The molecular weight excluding hydrogens is 490 g/mol. The minimum absolute atomic E-state index is 0.00578. The van der Waals surface area contributed by atoms with Gasteiger partial charge in [0.1, 0.15) is 12.3 Å². The Morgan fingerprint density at radius 3 is 2.59 bits per heavy atom. The summed E-state index contributed by atoms with van der Waals surface area (Å²) in [6, 6.07) is 0. The molecule has 0 bridgehead atoms. The lowest BCUT2D eigenvalue weighted by Gasteiger charge is -2.62.